The van der Waals surface area contributed by atoms with Gasteiger partial charge in [0, 0.05) is 11.6 Å². The molecule has 0 bridgehead atoms. The summed E-state index contributed by atoms with van der Waals surface area (Å²) in [5.74, 6) is 0. The number of nitrogens with zero attached hydrogens (tertiary/aromatic N) is 1. The van der Waals surface area contributed by atoms with Crippen LogP contribution in [0, 0.1) is 0 Å². The molecule has 0 spiro atoms. The summed E-state index contributed by atoms with van der Waals surface area (Å²) in [6.07, 6.45) is 1.62. The molecule has 0 aliphatic carbocycles. The van der Waals surface area contributed by atoms with Crippen molar-refractivity contribution < 1.29 is 12.6 Å². The van der Waals surface area contributed by atoms with Gasteiger partial charge in [-0.15, -0.1) is 0 Å². The first-order chi connectivity index (χ1) is 7.13. The Balaban J connectivity index is 2.67. The zero-order valence-corrected chi connectivity index (χ0v) is 8.86. The van der Waals surface area contributed by atoms with Crippen molar-refractivity contribution in [1.82, 2.24) is 4.98 Å². The maximum Gasteiger partial charge on any atom is 0.296 e. The van der Waals surface area contributed by atoms with E-state index in [1.54, 1.807) is 18.3 Å². The Bertz CT molecular complexity index is 592. The first kappa shape index (κ1) is 10.1. The largest absolute Gasteiger partial charge is 0.296 e. The van der Waals surface area contributed by atoms with E-state index in [2.05, 4.69) is 9.17 Å². The number of rotatable bonds is 2. The normalized spacial score (nSPS) is 11.8. The third-order valence-corrected chi connectivity index (χ3v) is 3.36. The van der Waals surface area contributed by atoms with E-state index >= 15 is 0 Å². The summed E-state index contributed by atoms with van der Waals surface area (Å²) < 4.78 is 27.2. The second-order valence-corrected chi connectivity index (χ2v) is 4.69. The van der Waals surface area contributed by atoms with Gasteiger partial charge in [-0.1, -0.05) is 12.1 Å². The van der Waals surface area contributed by atoms with Crippen LogP contribution in [-0.2, 0) is 14.3 Å². The summed E-state index contributed by atoms with van der Waals surface area (Å²) in [6, 6.07) is 8.36. The maximum absolute atomic E-state index is 11.4. The molecule has 4 nitrogen and oxygen atoms in total. The fourth-order valence-corrected chi connectivity index (χ4v) is 1.98. The molecule has 0 aliphatic heterocycles. The average Bonchev–Trinajstić information content (AvgIpc) is 2.28. The van der Waals surface area contributed by atoms with Gasteiger partial charge < -0.3 is 0 Å². The molecule has 2 rings (SSSR count). The summed E-state index contributed by atoms with van der Waals surface area (Å²) in [4.78, 5) is 4.19. The van der Waals surface area contributed by atoms with Crippen LogP contribution in [0.3, 0.4) is 0 Å². The van der Waals surface area contributed by atoms with Crippen LogP contribution in [0.15, 0.2) is 41.4 Å². The third kappa shape index (κ3) is 1.84. The Labute approximate surface area is 87.6 Å². The van der Waals surface area contributed by atoms with Gasteiger partial charge in [-0.3, -0.25) is 9.17 Å². The molecule has 1 aromatic carbocycles. The van der Waals surface area contributed by atoms with E-state index in [1.165, 1.54) is 12.1 Å². The smallest absolute Gasteiger partial charge is 0.270 e. The zero-order chi connectivity index (χ0) is 10.9. The zero-order valence-electron chi connectivity index (χ0n) is 8.04. The lowest BCUT2D eigenvalue weighted by molar-refractivity contribution is 0.398. The van der Waals surface area contributed by atoms with E-state index in [0.29, 0.717) is 5.52 Å². The second kappa shape index (κ2) is 3.60. The van der Waals surface area contributed by atoms with Gasteiger partial charge in [0.25, 0.3) is 10.1 Å². The van der Waals surface area contributed by atoms with Crippen LogP contribution in [0.2, 0.25) is 0 Å². The van der Waals surface area contributed by atoms with Crippen molar-refractivity contribution in [2.75, 3.05) is 7.11 Å². The van der Waals surface area contributed by atoms with Gasteiger partial charge in [-0.2, -0.15) is 8.42 Å². The Morgan fingerprint density at radius 1 is 1.27 bits per heavy atom. The third-order valence-electron chi connectivity index (χ3n) is 2.09. The van der Waals surface area contributed by atoms with Gasteiger partial charge in [0.1, 0.15) is 0 Å². The van der Waals surface area contributed by atoms with Crippen molar-refractivity contribution in [1.29, 1.82) is 0 Å². The minimum Gasteiger partial charge on any atom is -0.270 e. The van der Waals surface area contributed by atoms with Crippen LogP contribution in [0.1, 0.15) is 0 Å². The minimum atomic E-state index is -3.63. The van der Waals surface area contributed by atoms with Crippen molar-refractivity contribution in [2.45, 2.75) is 4.90 Å². The van der Waals surface area contributed by atoms with E-state index in [4.69, 9.17) is 0 Å². The van der Waals surface area contributed by atoms with Crippen molar-refractivity contribution in [2.24, 2.45) is 0 Å². The first-order valence-electron chi connectivity index (χ1n) is 4.29. The molecule has 0 aliphatic rings. The van der Waals surface area contributed by atoms with E-state index < -0.39 is 10.1 Å². The topological polar surface area (TPSA) is 56.3 Å². The van der Waals surface area contributed by atoms with Gasteiger partial charge in [0.15, 0.2) is 0 Å². The van der Waals surface area contributed by atoms with Crippen LogP contribution in [0.5, 0.6) is 0 Å². The van der Waals surface area contributed by atoms with E-state index in [1.807, 2.05) is 6.07 Å². The molecular weight excluding hydrogens is 214 g/mol. The monoisotopic (exact) mass is 223 g/mol. The molecule has 1 aromatic heterocycles. The summed E-state index contributed by atoms with van der Waals surface area (Å²) in [5.41, 5.74) is 0.635. The van der Waals surface area contributed by atoms with Gasteiger partial charge in [0.05, 0.1) is 17.5 Å². The van der Waals surface area contributed by atoms with Crippen molar-refractivity contribution >= 4 is 21.0 Å². The lowest BCUT2D eigenvalue weighted by atomic mass is 10.2. The van der Waals surface area contributed by atoms with Crippen LogP contribution >= 0.6 is 0 Å². The molecule has 0 saturated heterocycles. The molecule has 0 atom stereocenters. The molecule has 0 unspecified atom stereocenters. The first-order valence-corrected chi connectivity index (χ1v) is 5.70. The predicted molar refractivity (Wildman–Crippen MR) is 55.9 cm³/mol. The van der Waals surface area contributed by atoms with Crippen molar-refractivity contribution in [3.05, 3.63) is 36.5 Å². The summed E-state index contributed by atoms with van der Waals surface area (Å²) >= 11 is 0. The summed E-state index contributed by atoms with van der Waals surface area (Å²) in [5, 5.41) is 0.896. The summed E-state index contributed by atoms with van der Waals surface area (Å²) in [6.45, 7) is 0. The molecule has 0 saturated carbocycles. The van der Waals surface area contributed by atoms with Crippen LogP contribution in [-0.4, -0.2) is 20.5 Å². The molecular formula is C10H9NO3S. The van der Waals surface area contributed by atoms with E-state index in [0.717, 1.165) is 12.5 Å². The van der Waals surface area contributed by atoms with Crippen LogP contribution in [0.4, 0.5) is 0 Å². The van der Waals surface area contributed by atoms with Crippen molar-refractivity contribution in [3.8, 4) is 0 Å². The lowest BCUT2D eigenvalue weighted by Crippen LogP contribution is -2.02. The molecule has 0 fully saturated rings. The van der Waals surface area contributed by atoms with E-state index in [-0.39, 0.29) is 4.90 Å². The number of fused-ring (bicyclic) bond motifs is 1. The standard InChI is InChI=1S/C10H9NO3S/c1-14-15(12,13)9-5-4-8-3-2-6-11-10(8)7-9/h2-7H,1H3. The van der Waals surface area contributed by atoms with Gasteiger partial charge in [-0.25, -0.2) is 0 Å². The molecule has 0 N–H and O–H groups in total. The number of hydrogen-bond acceptors (Lipinski definition) is 4. The highest BCUT2D eigenvalue weighted by Gasteiger charge is 2.12. The number of aromatic nitrogens is 1. The maximum atomic E-state index is 11.4. The Morgan fingerprint density at radius 3 is 2.80 bits per heavy atom. The second-order valence-electron chi connectivity index (χ2n) is 2.98. The van der Waals surface area contributed by atoms with Crippen LogP contribution in [0.25, 0.3) is 10.9 Å². The molecule has 0 radical (unpaired) electrons. The van der Waals surface area contributed by atoms with Crippen molar-refractivity contribution in [3.63, 3.8) is 0 Å². The van der Waals surface area contributed by atoms with E-state index in [9.17, 15) is 8.42 Å². The average molecular weight is 223 g/mol. The van der Waals surface area contributed by atoms with Gasteiger partial charge in [0.2, 0.25) is 0 Å². The molecule has 1 heterocycles. The van der Waals surface area contributed by atoms with Gasteiger partial charge >= 0.3 is 0 Å². The molecule has 2 aromatic rings. The highest BCUT2D eigenvalue weighted by molar-refractivity contribution is 7.86. The molecule has 15 heavy (non-hydrogen) atoms. The fourth-order valence-electron chi connectivity index (χ4n) is 1.30. The molecule has 5 heteroatoms. The molecule has 0 amide bonds. The number of pyridine rings is 1. The highest BCUT2D eigenvalue weighted by Crippen LogP contribution is 2.17. The molecule has 78 valence electrons. The Hall–Kier alpha value is -1.46. The fraction of sp³-hybridized carbons (Fsp3) is 0.100. The minimum absolute atomic E-state index is 0.121. The van der Waals surface area contributed by atoms with Gasteiger partial charge in [-0.05, 0) is 18.2 Å². The quantitative estimate of drug-likeness (QED) is 0.725. The summed E-state index contributed by atoms with van der Waals surface area (Å²) in [7, 11) is -2.49. The number of hydrogen-bond donors (Lipinski definition) is 0. The lowest BCUT2D eigenvalue weighted by Gasteiger charge is -2.02. The highest BCUT2D eigenvalue weighted by atomic mass is 32.2. The number of benzene rings is 1. The Morgan fingerprint density at radius 2 is 2.07 bits per heavy atom. The Kier molecular flexibility index (Phi) is 2.42. The van der Waals surface area contributed by atoms with Crippen LogP contribution < -0.4 is 0 Å². The SMILES string of the molecule is COS(=O)(=O)c1ccc2cccnc2c1. The predicted octanol–water partition coefficient (Wildman–Crippen LogP) is 1.57.